The highest BCUT2D eigenvalue weighted by atomic mass is 35.5. The van der Waals surface area contributed by atoms with Crippen molar-refractivity contribution in [2.75, 3.05) is 18.5 Å². The lowest BCUT2D eigenvalue weighted by Gasteiger charge is -2.60. The van der Waals surface area contributed by atoms with Gasteiger partial charge >= 0.3 is 0 Å². The number of hydrogen-bond donors (Lipinski definition) is 1. The Morgan fingerprint density at radius 2 is 1.89 bits per heavy atom. The lowest BCUT2D eigenvalue weighted by molar-refractivity contribution is -0.577. The minimum absolute atomic E-state index is 0.0450. The molecule has 8 rings (SSSR count). The lowest BCUT2D eigenvalue weighted by Crippen LogP contribution is -2.70. The Kier molecular flexibility index (Phi) is 8.75. The molecule has 9 nitrogen and oxygen atoms in total. The van der Waals surface area contributed by atoms with Crippen molar-refractivity contribution in [2.45, 2.75) is 89.9 Å². The topological polar surface area (TPSA) is 93.2 Å². The molecule has 11 heteroatoms. The predicted molar refractivity (Wildman–Crippen MR) is 166 cm³/mol. The van der Waals surface area contributed by atoms with E-state index in [0.29, 0.717) is 43.2 Å². The molecule has 0 radical (unpaired) electrons. The van der Waals surface area contributed by atoms with E-state index in [1.165, 1.54) is 24.9 Å². The summed E-state index contributed by atoms with van der Waals surface area (Å²) in [7, 11) is 0. The lowest BCUT2D eigenvalue weighted by atomic mass is 9.58. The van der Waals surface area contributed by atoms with Crippen molar-refractivity contribution in [1.82, 2.24) is 9.97 Å². The summed E-state index contributed by atoms with van der Waals surface area (Å²) < 4.78 is 38.9. The second-order valence-electron chi connectivity index (χ2n) is 13.2. The molecule has 8 atom stereocenters. The van der Waals surface area contributed by atoms with Gasteiger partial charge in [-0.1, -0.05) is 31.5 Å². The first-order chi connectivity index (χ1) is 21.8. The quantitative estimate of drug-likeness (QED) is 0.177. The first-order valence-electron chi connectivity index (χ1n) is 16.1. The van der Waals surface area contributed by atoms with Gasteiger partial charge in [0.2, 0.25) is 5.79 Å². The van der Waals surface area contributed by atoms with E-state index in [9.17, 15) is 4.39 Å². The van der Waals surface area contributed by atoms with Crippen LogP contribution >= 0.6 is 11.6 Å². The maximum atomic E-state index is 13.6. The van der Waals surface area contributed by atoms with E-state index < -0.39 is 23.5 Å². The van der Waals surface area contributed by atoms with Crippen molar-refractivity contribution < 1.29 is 33.1 Å². The van der Waals surface area contributed by atoms with Crippen molar-refractivity contribution in [2.24, 2.45) is 23.7 Å². The van der Waals surface area contributed by atoms with E-state index in [1.54, 1.807) is 6.07 Å². The minimum Gasteiger partial charge on any atom is -0.377 e. The number of benzene rings is 2. The van der Waals surface area contributed by atoms with Crippen LogP contribution in [0, 0.1) is 29.5 Å². The van der Waals surface area contributed by atoms with Crippen molar-refractivity contribution in [1.29, 1.82) is 0 Å². The third kappa shape index (κ3) is 5.95. The number of halogens is 2. The molecule has 242 valence electrons. The summed E-state index contributed by atoms with van der Waals surface area (Å²) >= 11 is 5.95. The zero-order valence-electron chi connectivity index (χ0n) is 26.0. The SMILES string of the molecule is C[C@H]1[C@@H](OCCCCOCc2ccc3ncnc(Nc4ccc(F)c(Cl)c4)c3c2)O[C@@H]2O[C@@]3(C)CC[C@H]4[C@H](C)CC[C@@H]1[C@@]24OO3. The van der Waals surface area contributed by atoms with Gasteiger partial charge in [0.05, 0.1) is 17.1 Å². The fourth-order valence-corrected chi connectivity index (χ4v) is 7.94. The van der Waals surface area contributed by atoms with Gasteiger partial charge in [-0.05, 0) is 86.8 Å². The maximum absolute atomic E-state index is 13.6. The van der Waals surface area contributed by atoms with Crippen LogP contribution in [0.15, 0.2) is 42.7 Å². The molecule has 1 spiro atoms. The summed E-state index contributed by atoms with van der Waals surface area (Å²) in [4.78, 5) is 20.9. The Bertz CT molecular complexity index is 1530. The Balaban J connectivity index is 0.900. The van der Waals surface area contributed by atoms with E-state index >= 15 is 0 Å². The normalized spacial score (nSPS) is 34.0. The molecule has 0 unspecified atom stereocenters. The van der Waals surface area contributed by atoms with Gasteiger partial charge in [0.1, 0.15) is 18.0 Å². The fourth-order valence-electron chi connectivity index (χ4n) is 7.76. The van der Waals surface area contributed by atoms with Gasteiger partial charge in [-0.2, -0.15) is 0 Å². The molecular weight excluding hydrogens is 601 g/mol. The third-order valence-corrected chi connectivity index (χ3v) is 10.5. The first kappa shape index (κ1) is 31.2. The number of anilines is 2. The highest BCUT2D eigenvalue weighted by Gasteiger charge is 2.69. The monoisotopic (exact) mass is 641 g/mol. The van der Waals surface area contributed by atoms with Crippen molar-refractivity contribution in [3.8, 4) is 0 Å². The van der Waals surface area contributed by atoms with E-state index in [4.69, 9.17) is 40.3 Å². The maximum Gasteiger partial charge on any atom is 0.201 e. The second kappa shape index (κ2) is 12.6. The molecule has 5 aliphatic rings. The van der Waals surface area contributed by atoms with Crippen molar-refractivity contribution in [3.05, 3.63) is 59.1 Å². The van der Waals surface area contributed by atoms with Crippen LogP contribution < -0.4 is 5.32 Å². The van der Waals surface area contributed by atoms with Crippen molar-refractivity contribution in [3.63, 3.8) is 0 Å². The van der Waals surface area contributed by atoms with Crippen LogP contribution in [0.3, 0.4) is 0 Å². The van der Waals surface area contributed by atoms with Gasteiger partial charge < -0.3 is 24.3 Å². The number of rotatable bonds is 10. The van der Waals surface area contributed by atoms with E-state index in [2.05, 4.69) is 29.1 Å². The Labute approximate surface area is 268 Å². The van der Waals surface area contributed by atoms with Gasteiger partial charge in [-0.3, -0.25) is 0 Å². The molecule has 5 heterocycles. The third-order valence-electron chi connectivity index (χ3n) is 10.2. The standard InChI is InChI=1S/C34H41ClFN3O6/c1-20-6-9-26-21(2)31(42-32-34(26)25(20)12-13-33(3,43-32)44-45-34)41-15-5-4-14-40-18-22-7-11-29-24(16-22)30(38-19-37-29)39-23-8-10-28(36)27(35)17-23/h7-8,10-11,16-17,19-21,25-26,31-32H,4-6,9,12-15,18H2,1-3H3,(H,37,38,39)/t20-,21-,25+,26+,31+,32-,33-,34-/m1/s1. The number of hydrogen-bond acceptors (Lipinski definition) is 9. The number of ether oxygens (including phenoxy) is 4. The van der Waals surface area contributed by atoms with E-state index in [0.717, 1.165) is 48.6 Å². The summed E-state index contributed by atoms with van der Waals surface area (Å²) in [6.07, 6.45) is 6.40. The molecule has 2 bridgehead atoms. The molecule has 5 fully saturated rings. The molecule has 1 saturated carbocycles. The predicted octanol–water partition coefficient (Wildman–Crippen LogP) is 7.69. The van der Waals surface area contributed by atoms with Gasteiger partial charge in [0, 0.05) is 42.5 Å². The highest BCUT2D eigenvalue weighted by Crippen LogP contribution is 2.60. The number of aromatic nitrogens is 2. The highest BCUT2D eigenvalue weighted by molar-refractivity contribution is 6.31. The van der Waals surface area contributed by atoms with Crippen LogP contribution in [-0.4, -0.2) is 47.1 Å². The molecule has 1 aliphatic carbocycles. The Hall–Kier alpha value is -2.44. The Morgan fingerprint density at radius 1 is 1.02 bits per heavy atom. The summed E-state index contributed by atoms with van der Waals surface area (Å²) in [5, 5.41) is 4.10. The van der Waals surface area contributed by atoms with Gasteiger partial charge in [-0.25, -0.2) is 24.1 Å². The first-order valence-corrected chi connectivity index (χ1v) is 16.5. The van der Waals surface area contributed by atoms with Gasteiger partial charge in [0.15, 0.2) is 18.2 Å². The van der Waals surface area contributed by atoms with Crippen molar-refractivity contribution >= 4 is 34.0 Å². The number of unbranched alkanes of at least 4 members (excludes halogenated alkanes) is 1. The molecule has 0 amide bonds. The number of nitrogens with one attached hydrogen (secondary N) is 1. The number of fused-ring (bicyclic) bond motifs is 3. The largest absolute Gasteiger partial charge is 0.377 e. The summed E-state index contributed by atoms with van der Waals surface area (Å²) in [5.41, 5.74) is 1.87. The Morgan fingerprint density at radius 3 is 2.76 bits per heavy atom. The summed E-state index contributed by atoms with van der Waals surface area (Å²) in [6, 6.07) is 10.4. The zero-order chi connectivity index (χ0) is 31.2. The van der Waals surface area contributed by atoms with E-state index in [-0.39, 0.29) is 23.1 Å². The van der Waals surface area contributed by atoms with Crippen LogP contribution in [-0.2, 0) is 35.3 Å². The fraction of sp³-hybridized carbons (Fsp3) is 0.588. The van der Waals surface area contributed by atoms with E-state index in [1.807, 2.05) is 25.1 Å². The van der Waals surface area contributed by atoms with Crippen LogP contribution in [0.1, 0.15) is 64.9 Å². The molecule has 45 heavy (non-hydrogen) atoms. The smallest absolute Gasteiger partial charge is 0.201 e. The molecule has 1 N–H and O–H groups in total. The zero-order valence-corrected chi connectivity index (χ0v) is 26.7. The molecule has 2 aromatic carbocycles. The number of nitrogens with zero attached hydrogens (tertiary/aromatic N) is 2. The summed E-state index contributed by atoms with van der Waals surface area (Å²) in [5.74, 6) is 0.658. The minimum atomic E-state index is -0.785. The summed E-state index contributed by atoms with van der Waals surface area (Å²) in [6.45, 7) is 8.12. The molecule has 4 aliphatic heterocycles. The average molecular weight is 642 g/mol. The van der Waals surface area contributed by atoms with Gasteiger partial charge in [-0.15, -0.1) is 0 Å². The van der Waals surface area contributed by atoms with Crippen LogP contribution in [0.2, 0.25) is 5.02 Å². The van der Waals surface area contributed by atoms with Crippen LogP contribution in [0.4, 0.5) is 15.9 Å². The molecule has 3 aromatic rings. The molecule has 1 aromatic heterocycles. The van der Waals surface area contributed by atoms with Gasteiger partial charge in [0.25, 0.3) is 0 Å². The van der Waals surface area contributed by atoms with Crippen LogP contribution in [0.25, 0.3) is 10.9 Å². The second-order valence-corrected chi connectivity index (χ2v) is 13.6. The molecule has 4 saturated heterocycles. The molecular formula is C34H41ClFN3O6. The van der Waals surface area contributed by atoms with Crippen LogP contribution in [0.5, 0.6) is 0 Å². The average Bonchev–Trinajstić information content (AvgIpc) is 3.26.